The van der Waals surface area contributed by atoms with Crippen molar-refractivity contribution in [1.82, 2.24) is 4.90 Å². The summed E-state index contributed by atoms with van der Waals surface area (Å²) in [5.74, 6) is -0.904. The Bertz CT molecular complexity index is 836. The Balaban J connectivity index is 1.94. The third-order valence-corrected chi connectivity index (χ3v) is 6.50. The van der Waals surface area contributed by atoms with Crippen LogP contribution in [-0.4, -0.2) is 42.4 Å². The van der Waals surface area contributed by atoms with Crippen molar-refractivity contribution < 1.29 is 19.1 Å². The number of esters is 1. The second-order valence-corrected chi connectivity index (χ2v) is 8.23. The van der Waals surface area contributed by atoms with Gasteiger partial charge in [0.1, 0.15) is 5.00 Å². The lowest BCUT2D eigenvalue weighted by molar-refractivity contribution is 0.0527. The summed E-state index contributed by atoms with van der Waals surface area (Å²) in [6, 6.07) is 3.50. The van der Waals surface area contributed by atoms with Crippen LogP contribution in [0.25, 0.3) is 0 Å². The van der Waals surface area contributed by atoms with Crippen LogP contribution in [0.2, 0.25) is 0 Å². The fraction of sp³-hybridized carbons (Fsp3) is 0.421. The van der Waals surface area contributed by atoms with E-state index in [9.17, 15) is 14.4 Å². The van der Waals surface area contributed by atoms with Crippen molar-refractivity contribution in [2.24, 2.45) is 0 Å². The van der Waals surface area contributed by atoms with Gasteiger partial charge < -0.3 is 15.0 Å². The number of hydrogen-bond acceptors (Lipinski definition) is 6. The first-order valence-electron chi connectivity index (χ1n) is 8.97. The van der Waals surface area contributed by atoms with E-state index >= 15 is 0 Å². The largest absolute Gasteiger partial charge is 0.462 e. The first-order valence-corrected chi connectivity index (χ1v) is 10.7. The Morgan fingerprint density at radius 1 is 1.22 bits per heavy atom. The fourth-order valence-corrected chi connectivity index (χ4v) is 4.84. The van der Waals surface area contributed by atoms with Gasteiger partial charge >= 0.3 is 5.97 Å². The Kier molecular flexibility index (Phi) is 6.28. The minimum Gasteiger partial charge on any atom is -0.462 e. The second-order valence-electron chi connectivity index (χ2n) is 6.27. The number of likely N-dealkylation sites (tertiary alicyclic amines) is 1. The predicted octanol–water partition coefficient (Wildman–Crippen LogP) is 4.17. The molecule has 6 nitrogen and oxygen atoms in total. The molecule has 3 rings (SSSR count). The summed E-state index contributed by atoms with van der Waals surface area (Å²) in [7, 11) is 0. The number of carbonyl (C=O) groups excluding carboxylic acids is 3. The minimum atomic E-state index is -0.523. The maximum absolute atomic E-state index is 13.0. The van der Waals surface area contributed by atoms with Gasteiger partial charge in [0.15, 0.2) is 0 Å². The van der Waals surface area contributed by atoms with Gasteiger partial charge in [-0.1, -0.05) is 6.07 Å². The molecule has 1 aliphatic rings. The quantitative estimate of drug-likeness (QED) is 0.756. The molecule has 3 heterocycles. The number of ether oxygens (including phenoxy) is 1. The third kappa shape index (κ3) is 4.22. The molecule has 1 aliphatic heterocycles. The number of thiophene rings is 2. The summed E-state index contributed by atoms with van der Waals surface area (Å²) in [6.07, 6.45) is 3.11. The lowest BCUT2D eigenvalue weighted by atomic mass is 10.1. The average Bonchev–Trinajstić information content (AvgIpc) is 3.30. The highest BCUT2D eigenvalue weighted by Crippen LogP contribution is 2.35. The molecule has 0 atom stereocenters. The van der Waals surface area contributed by atoms with E-state index in [1.807, 2.05) is 10.3 Å². The SMILES string of the molecule is CCOC(=O)c1c(NC(=O)c2cccs2)sc(C(=O)N2CCCCC2)c1C. The monoisotopic (exact) mass is 406 g/mol. The molecule has 2 aromatic heterocycles. The lowest BCUT2D eigenvalue weighted by Crippen LogP contribution is -2.35. The van der Waals surface area contributed by atoms with Gasteiger partial charge in [-0.2, -0.15) is 0 Å². The summed E-state index contributed by atoms with van der Waals surface area (Å²) in [5.41, 5.74) is 0.836. The summed E-state index contributed by atoms with van der Waals surface area (Å²) in [5, 5.41) is 4.97. The Labute approximate surface area is 166 Å². The molecule has 1 N–H and O–H groups in total. The Hall–Kier alpha value is -2.19. The van der Waals surface area contributed by atoms with E-state index in [1.54, 1.807) is 26.0 Å². The van der Waals surface area contributed by atoms with Crippen LogP contribution < -0.4 is 5.32 Å². The van der Waals surface area contributed by atoms with Crippen LogP contribution in [0.4, 0.5) is 5.00 Å². The highest BCUT2D eigenvalue weighted by molar-refractivity contribution is 7.19. The van der Waals surface area contributed by atoms with Crippen molar-refractivity contribution in [3.05, 3.63) is 38.4 Å². The van der Waals surface area contributed by atoms with E-state index < -0.39 is 5.97 Å². The molecule has 2 amide bonds. The molecule has 0 radical (unpaired) electrons. The second kappa shape index (κ2) is 8.67. The molecule has 1 saturated heterocycles. The summed E-state index contributed by atoms with van der Waals surface area (Å²) < 4.78 is 5.15. The van der Waals surface area contributed by atoms with Gasteiger partial charge in [-0.3, -0.25) is 9.59 Å². The van der Waals surface area contributed by atoms with E-state index in [0.717, 1.165) is 43.7 Å². The first kappa shape index (κ1) is 19.6. The zero-order chi connectivity index (χ0) is 19.4. The standard InChI is InChI=1S/C19H22N2O4S2/c1-3-25-19(24)14-12(2)15(18(23)21-9-5-4-6-10-21)27-17(14)20-16(22)13-8-7-11-26-13/h7-8,11H,3-6,9-10H2,1-2H3,(H,20,22). The topological polar surface area (TPSA) is 75.7 Å². The average molecular weight is 407 g/mol. The summed E-state index contributed by atoms with van der Waals surface area (Å²) >= 11 is 2.46. The number of amides is 2. The maximum atomic E-state index is 13.0. The number of nitrogens with zero attached hydrogens (tertiary/aromatic N) is 1. The van der Waals surface area contributed by atoms with Gasteiger partial charge in [0.25, 0.3) is 11.8 Å². The van der Waals surface area contributed by atoms with Crippen LogP contribution in [0.15, 0.2) is 17.5 Å². The van der Waals surface area contributed by atoms with Gasteiger partial charge in [-0.25, -0.2) is 4.79 Å². The molecule has 8 heteroatoms. The fourth-order valence-electron chi connectivity index (χ4n) is 3.07. The molecule has 0 aliphatic carbocycles. The number of hydrogen-bond donors (Lipinski definition) is 1. The number of nitrogens with one attached hydrogen (secondary N) is 1. The van der Waals surface area contributed by atoms with Crippen molar-refractivity contribution in [1.29, 1.82) is 0 Å². The molecular formula is C19H22N2O4S2. The molecule has 0 saturated carbocycles. The van der Waals surface area contributed by atoms with Crippen LogP contribution in [0.5, 0.6) is 0 Å². The zero-order valence-corrected chi connectivity index (χ0v) is 17.0. The van der Waals surface area contributed by atoms with E-state index in [2.05, 4.69) is 5.32 Å². The van der Waals surface area contributed by atoms with Crippen LogP contribution in [0, 0.1) is 6.92 Å². The molecule has 2 aromatic rings. The molecule has 0 bridgehead atoms. The molecule has 0 spiro atoms. The van der Waals surface area contributed by atoms with Crippen LogP contribution in [0.1, 0.15) is 61.5 Å². The van der Waals surface area contributed by atoms with Gasteiger partial charge in [-0.15, -0.1) is 22.7 Å². The highest BCUT2D eigenvalue weighted by Gasteiger charge is 2.29. The third-order valence-electron chi connectivity index (χ3n) is 4.44. The number of rotatable bonds is 5. The molecule has 0 unspecified atom stereocenters. The zero-order valence-electron chi connectivity index (χ0n) is 15.4. The van der Waals surface area contributed by atoms with E-state index in [4.69, 9.17) is 4.74 Å². The Morgan fingerprint density at radius 3 is 2.59 bits per heavy atom. The number of anilines is 1. The van der Waals surface area contributed by atoms with E-state index in [-0.39, 0.29) is 24.0 Å². The smallest absolute Gasteiger partial charge is 0.341 e. The Morgan fingerprint density at radius 2 is 1.96 bits per heavy atom. The van der Waals surface area contributed by atoms with Crippen molar-refractivity contribution in [2.75, 3.05) is 25.0 Å². The number of carbonyl (C=O) groups is 3. The van der Waals surface area contributed by atoms with Crippen molar-refractivity contribution in [3.8, 4) is 0 Å². The molecule has 1 fully saturated rings. The van der Waals surface area contributed by atoms with Gasteiger partial charge in [0.2, 0.25) is 0 Å². The normalized spacial score (nSPS) is 14.1. The van der Waals surface area contributed by atoms with Crippen molar-refractivity contribution >= 4 is 45.5 Å². The minimum absolute atomic E-state index is 0.0839. The van der Waals surface area contributed by atoms with Crippen molar-refractivity contribution in [3.63, 3.8) is 0 Å². The lowest BCUT2D eigenvalue weighted by Gasteiger charge is -2.26. The van der Waals surface area contributed by atoms with Gasteiger partial charge in [0, 0.05) is 13.1 Å². The van der Waals surface area contributed by atoms with Gasteiger partial charge in [0.05, 0.1) is 21.9 Å². The molecule has 0 aromatic carbocycles. The summed E-state index contributed by atoms with van der Waals surface area (Å²) in [4.78, 5) is 40.7. The number of piperidine rings is 1. The molecule has 27 heavy (non-hydrogen) atoms. The maximum Gasteiger partial charge on any atom is 0.341 e. The molecule has 144 valence electrons. The molecular weight excluding hydrogens is 384 g/mol. The highest BCUT2D eigenvalue weighted by atomic mass is 32.1. The predicted molar refractivity (Wildman–Crippen MR) is 107 cm³/mol. The van der Waals surface area contributed by atoms with Crippen LogP contribution in [0.3, 0.4) is 0 Å². The first-order chi connectivity index (χ1) is 13.0. The van der Waals surface area contributed by atoms with E-state index in [1.165, 1.54) is 11.3 Å². The van der Waals surface area contributed by atoms with Crippen LogP contribution in [-0.2, 0) is 4.74 Å². The van der Waals surface area contributed by atoms with Crippen LogP contribution >= 0.6 is 22.7 Å². The van der Waals surface area contributed by atoms with E-state index in [0.29, 0.717) is 20.3 Å². The summed E-state index contributed by atoms with van der Waals surface area (Å²) in [6.45, 7) is 5.13. The van der Waals surface area contributed by atoms with Gasteiger partial charge in [-0.05, 0) is 50.1 Å². The van der Waals surface area contributed by atoms with Crippen molar-refractivity contribution in [2.45, 2.75) is 33.1 Å².